The molecular weight excluding hydrogens is 465 g/mol. The lowest BCUT2D eigenvalue weighted by Gasteiger charge is -2.20. The van der Waals surface area contributed by atoms with E-state index in [1.54, 1.807) is 0 Å². The minimum Gasteiger partial charge on any atom is -0.296 e. The lowest BCUT2D eigenvalue weighted by atomic mass is 10.2. The molecule has 3 rings (SSSR count). The lowest BCUT2D eigenvalue weighted by Crippen LogP contribution is -2.27. The Morgan fingerprint density at radius 3 is 2.43 bits per heavy atom. The van der Waals surface area contributed by atoms with Crippen LogP contribution in [0.1, 0.15) is 21.8 Å². The van der Waals surface area contributed by atoms with Gasteiger partial charge in [-0.05, 0) is 42.5 Å². The van der Waals surface area contributed by atoms with Crippen molar-refractivity contribution in [2.24, 2.45) is 0 Å². The van der Waals surface area contributed by atoms with Gasteiger partial charge in [0.25, 0.3) is 22.4 Å². The summed E-state index contributed by atoms with van der Waals surface area (Å²) >= 11 is 6.49. The Morgan fingerprint density at radius 1 is 1.17 bits per heavy atom. The molecule has 0 spiro atoms. The highest BCUT2D eigenvalue weighted by atomic mass is 35.5. The van der Waals surface area contributed by atoms with E-state index in [1.807, 2.05) is 0 Å². The summed E-state index contributed by atoms with van der Waals surface area (Å²) in [5, 5.41) is 8.11. The second kappa shape index (κ2) is 8.58. The van der Waals surface area contributed by atoms with E-state index < -0.39 is 33.2 Å². The summed E-state index contributed by atoms with van der Waals surface area (Å²) in [6.07, 6.45) is -2.84. The highest BCUT2D eigenvalue weighted by Gasteiger charge is 2.24. The zero-order chi connectivity index (χ0) is 22.1. The molecule has 0 bridgehead atoms. The van der Waals surface area contributed by atoms with Gasteiger partial charge in [-0.2, -0.15) is 0 Å². The van der Waals surface area contributed by atoms with Gasteiger partial charge >= 0.3 is 0 Å². The topological polar surface area (TPSA) is 92.3 Å². The fraction of sp³-hybridized carbons (Fsp3) is 0.118. The number of halogens is 4. The molecule has 0 saturated heterocycles. The second-order valence-corrected chi connectivity index (χ2v) is 9.18. The molecule has 2 aromatic carbocycles. The Bertz CT molecular complexity index is 1190. The largest absolute Gasteiger partial charge is 0.296 e. The van der Waals surface area contributed by atoms with Gasteiger partial charge < -0.3 is 0 Å². The maximum atomic E-state index is 13.1. The number of benzene rings is 2. The van der Waals surface area contributed by atoms with Crippen molar-refractivity contribution in [2.45, 2.75) is 11.3 Å². The molecule has 1 aromatic heterocycles. The fourth-order valence-electron chi connectivity index (χ4n) is 2.32. The molecule has 0 aliphatic carbocycles. The summed E-state index contributed by atoms with van der Waals surface area (Å²) in [5.74, 6) is -1.37. The Hall–Kier alpha value is -2.70. The van der Waals surface area contributed by atoms with Crippen LogP contribution in [-0.4, -0.2) is 31.6 Å². The zero-order valence-electron chi connectivity index (χ0n) is 15.0. The van der Waals surface area contributed by atoms with E-state index in [4.69, 9.17) is 11.6 Å². The van der Waals surface area contributed by atoms with Crippen molar-refractivity contribution >= 4 is 49.7 Å². The van der Waals surface area contributed by atoms with Crippen molar-refractivity contribution in [3.05, 3.63) is 63.9 Å². The first-order valence-electron chi connectivity index (χ1n) is 8.06. The van der Waals surface area contributed by atoms with Gasteiger partial charge in [0.15, 0.2) is 5.01 Å². The summed E-state index contributed by atoms with van der Waals surface area (Å²) in [5.41, 5.74) is -0.00946. The van der Waals surface area contributed by atoms with Crippen molar-refractivity contribution in [3.8, 4) is 0 Å². The SMILES string of the molecule is CN(c1ccc(F)cc1)S(=O)(=O)c1ccc(Cl)c(C(=O)Nc2nnc(C(F)F)s2)c1. The number of sulfonamides is 1. The van der Waals surface area contributed by atoms with Gasteiger partial charge in [-0.1, -0.05) is 22.9 Å². The summed E-state index contributed by atoms with van der Waals surface area (Å²) in [6, 6.07) is 8.25. The van der Waals surface area contributed by atoms with Crippen LogP contribution in [0, 0.1) is 5.82 Å². The maximum Gasteiger partial charge on any atom is 0.291 e. The highest BCUT2D eigenvalue weighted by molar-refractivity contribution is 7.92. The third-order valence-corrected chi connectivity index (χ3v) is 6.84. The molecule has 13 heteroatoms. The predicted molar refractivity (Wildman–Crippen MR) is 106 cm³/mol. The molecule has 0 fully saturated rings. The van der Waals surface area contributed by atoms with Crippen LogP contribution >= 0.6 is 22.9 Å². The number of amides is 1. The summed E-state index contributed by atoms with van der Waals surface area (Å²) in [6.45, 7) is 0. The summed E-state index contributed by atoms with van der Waals surface area (Å²) < 4.78 is 65.0. The average Bonchev–Trinajstić information content (AvgIpc) is 3.17. The molecule has 0 saturated carbocycles. The third-order valence-electron chi connectivity index (χ3n) is 3.88. The van der Waals surface area contributed by atoms with E-state index in [0.717, 1.165) is 22.5 Å². The van der Waals surface area contributed by atoms with Gasteiger partial charge in [-0.15, -0.1) is 10.2 Å². The number of hydrogen-bond acceptors (Lipinski definition) is 6. The summed E-state index contributed by atoms with van der Waals surface area (Å²) in [4.78, 5) is 12.2. The number of anilines is 2. The molecule has 0 radical (unpaired) electrons. The van der Waals surface area contributed by atoms with Gasteiger partial charge in [-0.3, -0.25) is 14.4 Å². The smallest absolute Gasteiger partial charge is 0.291 e. The number of carbonyl (C=O) groups is 1. The van der Waals surface area contributed by atoms with E-state index >= 15 is 0 Å². The van der Waals surface area contributed by atoms with Crippen LogP contribution in [0.4, 0.5) is 24.0 Å². The van der Waals surface area contributed by atoms with Crippen molar-refractivity contribution in [2.75, 3.05) is 16.7 Å². The van der Waals surface area contributed by atoms with Crippen LogP contribution in [0.3, 0.4) is 0 Å². The van der Waals surface area contributed by atoms with Gasteiger partial charge in [0.1, 0.15) is 5.82 Å². The van der Waals surface area contributed by atoms with E-state index in [-0.39, 0.29) is 26.3 Å². The van der Waals surface area contributed by atoms with E-state index in [0.29, 0.717) is 11.3 Å². The molecule has 3 aromatic rings. The van der Waals surface area contributed by atoms with Crippen LogP contribution < -0.4 is 9.62 Å². The molecule has 0 aliphatic heterocycles. The molecule has 30 heavy (non-hydrogen) atoms. The molecule has 0 unspecified atom stereocenters. The van der Waals surface area contributed by atoms with Crippen LogP contribution in [0.25, 0.3) is 0 Å². The first kappa shape index (κ1) is 22.0. The van der Waals surface area contributed by atoms with Crippen LogP contribution in [0.2, 0.25) is 5.02 Å². The molecule has 0 atom stereocenters. The monoisotopic (exact) mass is 476 g/mol. The first-order valence-corrected chi connectivity index (χ1v) is 10.7. The quantitative estimate of drug-likeness (QED) is 0.571. The number of hydrogen-bond donors (Lipinski definition) is 1. The number of carbonyl (C=O) groups excluding carboxylic acids is 1. The Kier molecular flexibility index (Phi) is 6.29. The number of aromatic nitrogens is 2. The van der Waals surface area contributed by atoms with Crippen LogP contribution in [-0.2, 0) is 10.0 Å². The van der Waals surface area contributed by atoms with Crippen molar-refractivity contribution < 1.29 is 26.4 Å². The Labute approximate surface area is 178 Å². The van der Waals surface area contributed by atoms with Gasteiger partial charge in [-0.25, -0.2) is 21.6 Å². The number of alkyl halides is 2. The van der Waals surface area contributed by atoms with Gasteiger partial charge in [0.05, 0.1) is 21.2 Å². The lowest BCUT2D eigenvalue weighted by molar-refractivity contribution is 0.102. The maximum absolute atomic E-state index is 13.1. The van der Waals surface area contributed by atoms with Gasteiger partial charge in [0, 0.05) is 7.05 Å². The standard InChI is InChI=1S/C17H12ClF3N4O3S2/c1-25(10-4-2-9(19)3-5-10)30(27,28)11-6-7-13(18)12(8-11)15(26)22-17-24-23-16(29-17)14(20)21/h2-8,14H,1H3,(H,22,24,26). The number of rotatable bonds is 6. The highest BCUT2D eigenvalue weighted by Crippen LogP contribution is 2.28. The van der Waals surface area contributed by atoms with E-state index in [9.17, 15) is 26.4 Å². The molecular formula is C17H12ClF3N4O3S2. The molecule has 7 nitrogen and oxygen atoms in total. The number of nitrogens with one attached hydrogen (secondary N) is 1. The van der Waals surface area contributed by atoms with Crippen LogP contribution in [0.5, 0.6) is 0 Å². The molecule has 1 heterocycles. The normalized spacial score (nSPS) is 11.5. The van der Waals surface area contributed by atoms with Gasteiger partial charge in [0.2, 0.25) is 5.13 Å². The Balaban J connectivity index is 1.89. The second-order valence-electron chi connectivity index (χ2n) is 5.79. The fourth-order valence-corrected chi connectivity index (χ4v) is 4.34. The van der Waals surface area contributed by atoms with E-state index in [1.165, 1.54) is 31.3 Å². The predicted octanol–water partition coefficient (Wildman–Crippen LogP) is 4.35. The minimum atomic E-state index is -4.11. The van der Waals surface area contributed by atoms with Crippen molar-refractivity contribution in [1.29, 1.82) is 0 Å². The molecule has 158 valence electrons. The van der Waals surface area contributed by atoms with E-state index in [2.05, 4.69) is 15.5 Å². The number of nitrogens with zero attached hydrogens (tertiary/aromatic N) is 3. The first-order chi connectivity index (χ1) is 14.1. The van der Waals surface area contributed by atoms with Crippen molar-refractivity contribution in [3.63, 3.8) is 0 Å². The molecule has 0 aliphatic rings. The summed E-state index contributed by atoms with van der Waals surface area (Å²) in [7, 11) is -2.84. The van der Waals surface area contributed by atoms with Crippen LogP contribution in [0.15, 0.2) is 47.4 Å². The zero-order valence-corrected chi connectivity index (χ0v) is 17.4. The minimum absolute atomic E-state index is 0.0607. The molecule has 1 amide bonds. The molecule has 1 N–H and O–H groups in total. The average molecular weight is 477 g/mol. The Morgan fingerprint density at radius 2 is 1.83 bits per heavy atom. The third kappa shape index (κ3) is 4.55. The van der Waals surface area contributed by atoms with Crippen molar-refractivity contribution in [1.82, 2.24) is 10.2 Å².